The minimum atomic E-state index is -0.153. The zero-order chi connectivity index (χ0) is 12.7. The summed E-state index contributed by atoms with van der Waals surface area (Å²) in [5.41, 5.74) is 1.70. The fourth-order valence-corrected chi connectivity index (χ4v) is 2.39. The molecule has 0 unspecified atom stereocenters. The maximum Gasteiger partial charge on any atom is 0.330 e. The van der Waals surface area contributed by atoms with Crippen LogP contribution in [-0.4, -0.2) is 42.2 Å². The average Bonchev–Trinajstić information content (AvgIpc) is 2.83. The molecule has 0 saturated heterocycles. The van der Waals surface area contributed by atoms with E-state index in [1.54, 1.807) is 4.90 Å². The van der Waals surface area contributed by atoms with Crippen LogP contribution in [0.4, 0.5) is 10.5 Å². The number of benzene rings is 1. The number of anilines is 1. The van der Waals surface area contributed by atoms with Crippen molar-refractivity contribution in [2.45, 2.75) is 6.92 Å². The molecule has 18 heavy (non-hydrogen) atoms. The first-order chi connectivity index (χ1) is 8.68. The number of Topliss-reactive ketones (excluding diaryl/α,β-unsaturated/α-hetero) is 1. The highest BCUT2D eigenvalue weighted by Crippen LogP contribution is 2.30. The highest BCUT2D eigenvalue weighted by molar-refractivity contribution is 6.20. The van der Waals surface area contributed by atoms with Crippen molar-refractivity contribution in [3.63, 3.8) is 0 Å². The third-order valence-electron chi connectivity index (χ3n) is 3.12. The van der Waals surface area contributed by atoms with Crippen molar-refractivity contribution >= 4 is 23.3 Å². The van der Waals surface area contributed by atoms with Gasteiger partial charge in [-0.05, 0) is 19.1 Å². The van der Waals surface area contributed by atoms with Gasteiger partial charge in [0.1, 0.15) is 11.6 Å². The van der Waals surface area contributed by atoms with E-state index < -0.39 is 0 Å². The fraction of sp³-hybridized carbons (Fsp3) is 0.308. The van der Waals surface area contributed by atoms with Crippen molar-refractivity contribution in [2.75, 3.05) is 24.5 Å². The minimum Gasteiger partial charge on any atom is -0.298 e. The zero-order valence-electron chi connectivity index (χ0n) is 10.1. The first-order valence-electron chi connectivity index (χ1n) is 5.91. The summed E-state index contributed by atoms with van der Waals surface area (Å²) < 4.78 is 0. The molecular formula is C13H13N3O2. The lowest BCUT2D eigenvalue weighted by molar-refractivity contribution is -0.115. The van der Waals surface area contributed by atoms with Crippen LogP contribution in [0.5, 0.6) is 0 Å². The van der Waals surface area contributed by atoms with Gasteiger partial charge in [0.25, 0.3) is 0 Å². The standard InChI is InChI=1S/C13H13N3O2/c1-9(17)8-16-11-5-3-2-4-10(11)12-14-6-7-15(12)13(16)18/h2-5H,6-8H2,1H3. The second-order valence-electron chi connectivity index (χ2n) is 4.44. The van der Waals surface area contributed by atoms with E-state index in [1.807, 2.05) is 24.3 Å². The average molecular weight is 243 g/mol. The number of carbonyl (C=O) groups is 2. The lowest BCUT2D eigenvalue weighted by Gasteiger charge is -2.34. The normalized spacial score (nSPS) is 17.4. The molecule has 2 aliphatic rings. The first kappa shape index (κ1) is 11.0. The number of nitrogens with zero attached hydrogens (tertiary/aromatic N) is 3. The van der Waals surface area contributed by atoms with Crippen molar-refractivity contribution in [2.24, 2.45) is 4.99 Å². The molecule has 0 spiro atoms. The summed E-state index contributed by atoms with van der Waals surface area (Å²) in [7, 11) is 0. The fourth-order valence-electron chi connectivity index (χ4n) is 2.39. The number of amidine groups is 1. The summed E-state index contributed by atoms with van der Waals surface area (Å²) in [6.45, 7) is 2.82. The van der Waals surface area contributed by atoms with Gasteiger partial charge in [-0.25, -0.2) is 4.79 Å². The maximum atomic E-state index is 12.3. The molecule has 92 valence electrons. The number of aliphatic imine (C=N–C) groups is 1. The highest BCUT2D eigenvalue weighted by Gasteiger charge is 2.37. The Morgan fingerprint density at radius 1 is 1.39 bits per heavy atom. The molecule has 3 rings (SSSR count). The van der Waals surface area contributed by atoms with Crippen LogP contribution >= 0.6 is 0 Å². The molecule has 0 saturated carbocycles. The predicted octanol–water partition coefficient (Wildman–Crippen LogP) is 1.28. The number of carbonyl (C=O) groups excluding carboxylic acids is 2. The monoisotopic (exact) mass is 243 g/mol. The molecule has 0 radical (unpaired) electrons. The molecule has 0 aromatic heterocycles. The zero-order valence-corrected chi connectivity index (χ0v) is 10.1. The van der Waals surface area contributed by atoms with Crippen molar-refractivity contribution in [3.05, 3.63) is 29.8 Å². The molecule has 1 aromatic carbocycles. The highest BCUT2D eigenvalue weighted by atomic mass is 16.2. The van der Waals surface area contributed by atoms with Gasteiger partial charge in [0, 0.05) is 12.1 Å². The molecule has 1 aromatic rings. The Morgan fingerprint density at radius 3 is 2.94 bits per heavy atom. The smallest absolute Gasteiger partial charge is 0.298 e. The topological polar surface area (TPSA) is 53.0 Å². The molecule has 2 aliphatic heterocycles. The Hall–Kier alpha value is -2.17. The number of fused-ring (bicyclic) bond motifs is 3. The third-order valence-corrected chi connectivity index (χ3v) is 3.12. The summed E-state index contributed by atoms with van der Waals surface area (Å²) in [5.74, 6) is 0.702. The van der Waals surface area contributed by atoms with Crippen LogP contribution in [0.2, 0.25) is 0 Å². The second-order valence-corrected chi connectivity index (χ2v) is 4.44. The predicted molar refractivity (Wildman–Crippen MR) is 68.0 cm³/mol. The quantitative estimate of drug-likeness (QED) is 0.785. The van der Waals surface area contributed by atoms with Gasteiger partial charge in [-0.2, -0.15) is 0 Å². The van der Waals surface area contributed by atoms with E-state index in [0.29, 0.717) is 13.1 Å². The SMILES string of the molecule is CC(=O)CN1C(=O)N2CCN=C2c2ccccc21. The van der Waals surface area contributed by atoms with E-state index in [1.165, 1.54) is 11.8 Å². The number of amides is 2. The molecule has 0 N–H and O–H groups in total. The molecule has 2 heterocycles. The van der Waals surface area contributed by atoms with E-state index in [2.05, 4.69) is 4.99 Å². The van der Waals surface area contributed by atoms with Gasteiger partial charge in [-0.3, -0.25) is 19.6 Å². The van der Waals surface area contributed by atoms with Gasteiger partial charge in [0.15, 0.2) is 0 Å². The summed E-state index contributed by atoms with van der Waals surface area (Å²) in [5, 5.41) is 0. The van der Waals surface area contributed by atoms with Crippen LogP contribution < -0.4 is 4.90 Å². The largest absolute Gasteiger partial charge is 0.330 e. The van der Waals surface area contributed by atoms with Gasteiger partial charge < -0.3 is 0 Å². The molecular weight excluding hydrogens is 230 g/mol. The molecule has 5 nitrogen and oxygen atoms in total. The van der Waals surface area contributed by atoms with Gasteiger partial charge in [-0.1, -0.05) is 12.1 Å². The number of ketones is 1. The van der Waals surface area contributed by atoms with Crippen molar-refractivity contribution in [1.29, 1.82) is 0 Å². The van der Waals surface area contributed by atoms with E-state index in [-0.39, 0.29) is 18.4 Å². The Morgan fingerprint density at radius 2 is 2.17 bits per heavy atom. The first-order valence-corrected chi connectivity index (χ1v) is 5.91. The van der Waals surface area contributed by atoms with Crippen molar-refractivity contribution < 1.29 is 9.59 Å². The van der Waals surface area contributed by atoms with Crippen LogP contribution in [0.15, 0.2) is 29.3 Å². The molecule has 0 bridgehead atoms. The minimum absolute atomic E-state index is 0.0299. The van der Waals surface area contributed by atoms with Crippen LogP contribution in [0.25, 0.3) is 0 Å². The molecule has 2 amide bonds. The molecule has 5 heteroatoms. The Bertz CT molecular complexity index is 565. The molecule has 0 fully saturated rings. The molecule has 0 atom stereocenters. The van der Waals surface area contributed by atoms with Crippen LogP contribution in [0.1, 0.15) is 12.5 Å². The van der Waals surface area contributed by atoms with Crippen LogP contribution in [0, 0.1) is 0 Å². The number of hydrogen-bond donors (Lipinski definition) is 0. The van der Waals surface area contributed by atoms with Gasteiger partial charge in [-0.15, -0.1) is 0 Å². The maximum absolute atomic E-state index is 12.3. The summed E-state index contributed by atoms with van der Waals surface area (Å²) in [6, 6.07) is 7.42. The van der Waals surface area contributed by atoms with Crippen molar-refractivity contribution in [1.82, 2.24) is 4.90 Å². The van der Waals surface area contributed by atoms with E-state index >= 15 is 0 Å². The summed E-state index contributed by atoms with van der Waals surface area (Å²) in [6.07, 6.45) is 0. The third kappa shape index (κ3) is 1.51. The number of urea groups is 1. The number of para-hydroxylation sites is 1. The van der Waals surface area contributed by atoms with Gasteiger partial charge in [0.05, 0.1) is 18.8 Å². The lowest BCUT2D eigenvalue weighted by atomic mass is 10.1. The lowest BCUT2D eigenvalue weighted by Crippen LogP contribution is -2.51. The van der Waals surface area contributed by atoms with Crippen LogP contribution in [-0.2, 0) is 4.79 Å². The van der Waals surface area contributed by atoms with Gasteiger partial charge in [0.2, 0.25) is 0 Å². The second kappa shape index (κ2) is 3.94. The van der Waals surface area contributed by atoms with Crippen LogP contribution in [0.3, 0.4) is 0 Å². The van der Waals surface area contributed by atoms with E-state index in [4.69, 9.17) is 0 Å². The number of rotatable bonds is 2. The van der Waals surface area contributed by atoms with E-state index in [0.717, 1.165) is 17.1 Å². The van der Waals surface area contributed by atoms with Crippen molar-refractivity contribution in [3.8, 4) is 0 Å². The van der Waals surface area contributed by atoms with Gasteiger partial charge >= 0.3 is 6.03 Å². The summed E-state index contributed by atoms with van der Waals surface area (Å²) >= 11 is 0. The van der Waals surface area contributed by atoms with E-state index in [9.17, 15) is 9.59 Å². The number of hydrogen-bond acceptors (Lipinski definition) is 3. The molecule has 0 aliphatic carbocycles. The Kier molecular flexibility index (Phi) is 2.40. The Balaban J connectivity index is 2.12. The summed E-state index contributed by atoms with van der Waals surface area (Å²) in [4.78, 5) is 31.2. The Labute approximate surface area is 105 Å².